The number of aliphatic hydroxyl groups is 5. The van der Waals surface area contributed by atoms with Gasteiger partial charge < -0.3 is 30.3 Å². The number of carbonyl (C=O) groups is 1. The molecule has 7 heteroatoms. The van der Waals surface area contributed by atoms with Crippen LogP contribution in [0.5, 0.6) is 0 Å². The van der Waals surface area contributed by atoms with Crippen LogP contribution in [0.2, 0.25) is 0 Å². The van der Waals surface area contributed by atoms with Crippen LogP contribution >= 0.6 is 0 Å². The first kappa shape index (κ1) is 15.9. The standard InChI is InChI=1S/C15H22O7/c1-6-7-4-5-13(2,19)15(21)9(8(7)22-12(6)18)14(3,20)10(16)11(15)17/h7-11,16-17,19-21H,1,4-5H2,2-3H3/t7-,8+,9-,10+,11-,13+,14+,15+/m0/s1. The van der Waals surface area contributed by atoms with Crippen molar-refractivity contribution >= 4 is 5.97 Å². The Labute approximate surface area is 127 Å². The van der Waals surface area contributed by atoms with Gasteiger partial charge in [-0.25, -0.2) is 4.79 Å². The van der Waals surface area contributed by atoms with Crippen molar-refractivity contribution in [2.24, 2.45) is 11.8 Å². The van der Waals surface area contributed by atoms with Gasteiger partial charge in [0.25, 0.3) is 0 Å². The number of hydrogen-bond acceptors (Lipinski definition) is 7. The largest absolute Gasteiger partial charge is 0.458 e. The molecule has 1 aliphatic heterocycles. The molecule has 3 aliphatic rings. The number of carbonyl (C=O) groups excluding carboxylic acids is 1. The van der Waals surface area contributed by atoms with E-state index in [1.807, 2.05) is 0 Å². The summed E-state index contributed by atoms with van der Waals surface area (Å²) < 4.78 is 5.27. The van der Waals surface area contributed by atoms with Gasteiger partial charge in [-0.3, -0.25) is 0 Å². The molecule has 0 aromatic rings. The van der Waals surface area contributed by atoms with Crippen LogP contribution in [-0.4, -0.2) is 66.6 Å². The summed E-state index contributed by atoms with van der Waals surface area (Å²) in [7, 11) is 0. The molecule has 7 nitrogen and oxygen atoms in total. The molecular weight excluding hydrogens is 292 g/mol. The van der Waals surface area contributed by atoms with Crippen molar-refractivity contribution < 1.29 is 35.1 Å². The molecule has 124 valence electrons. The predicted molar refractivity (Wildman–Crippen MR) is 73.4 cm³/mol. The van der Waals surface area contributed by atoms with E-state index in [0.29, 0.717) is 6.42 Å². The van der Waals surface area contributed by atoms with Gasteiger partial charge in [-0.15, -0.1) is 0 Å². The molecule has 0 aromatic heterocycles. The van der Waals surface area contributed by atoms with Gasteiger partial charge in [0.15, 0.2) is 0 Å². The second-order valence-corrected chi connectivity index (χ2v) is 7.23. The van der Waals surface area contributed by atoms with Crippen molar-refractivity contribution in [1.82, 2.24) is 0 Å². The van der Waals surface area contributed by atoms with Gasteiger partial charge in [0.1, 0.15) is 23.9 Å². The lowest BCUT2D eigenvalue weighted by molar-refractivity contribution is -0.226. The Morgan fingerprint density at radius 2 is 1.77 bits per heavy atom. The molecule has 5 N–H and O–H groups in total. The summed E-state index contributed by atoms with van der Waals surface area (Å²) in [5, 5.41) is 52.9. The SMILES string of the molecule is C=C1C(=O)O[C@@H]2[C@H]1CC[C@@](C)(O)[C@]1(O)[C@@H](O)[C@@H](O)[C@](C)(O)[C@H]21. The highest BCUT2D eigenvalue weighted by atomic mass is 16.6. The summed E-state index contributed by atoms with van der Waals surface area (Å²) in [6, 6.07) is 0. The topological polar surface area (TPSA) is 127 Å². The molecule has 2 aliphatic carbocycles. The second-order valence-electron chi connectivity index (χ2n) is 7.23. The summed E-state index contributed by atoms with van der Waals surface area (Å²) in [4.78, 5) is 11.8. The average Bonchev–Trinajstić information content (AvgIpc) is 2.71. The normalized spacial score (nSPS) is 58.0. The van der Waals surface area contributed by atoms with Crippen LogP contribution in [0, 0.1) is 11.8 Å². The molecule has 3 fully saturated rings. The van der Waals surface area contributed by atoms with Gasteiger partial charge in [0, 0.05) is 11.5 Å². The Morgan fingerprint density at radius 3 is 2.36 bits per heavy atom. The van der Waals surface area contributed by atoms with Gasteiger partial charge in [-0.05, 0) is 26.7 Å². The molecule has 0 radical (unpaired) electrons. The second kappa shape index (κ2) is 4.30. The smallest absolute Gasteiger partial charge is 0.334 e. The lowest BCUT2D eigenvalue weighted by Crippen LogP contribution is -2.64. The first-order chi connectivity index (χ1) is 9.96. The third kappa shape index (κ3) is 1.60. The van der Waals surface area contributed by atoms with Crippen LogP contribution in [-0.2, 0) is 9.53 Å². The maximum Gasteiger partial charge on any atom is 0.334 e. The fourth-order valence-corrected chi connectivity index (χ4v) is 4.52. The van der Waals surface area contributed by atoms with E-state index in [1.54, 1.807) is 0 Å². The lowest BCUT2D eigenvalue weighted by Gasteiger charge is -2.45. The number of rotatable bonds is 0. The van der Waals surface area contributed by atoms with E-state index in [2.05, 4.69) is 6.58 Å². The Balaban J connectivity index is 2.19. The van der Waals surface area contributed by atoms with Gasteiger partial charge in [-0.2, -0.15) is 0 Å². The van der Waals surface area contributed by atoms with E-state index in [1.165, 1.54) is 13.8 Å². The van der Waals surface area contributed by atoms with Gasteiger partial charge in [-0.1, -0.05) is 6.58 Å². The average molecular weight is 314 g/mol. The maximum atomic E-state index is 11.8. The van der Waals surface area contributed by atoms with Gasteiger partial charge in [0.05, 0.1) is 17.1 Å². The molecule has 3 rings (SSSR count). The first-order valence-electron chi connectivity index (χ1n) is 7.39. The Morgan fingerprint density at radius 1 is 1.18 bits per heavy atom. The zero-order valence-corrected chi connectivity index (χ0v) is 12.6. The summed E-state index contributed by atoms with van der Waals surface area (Å²) >= 11 is 0. The van der Waals surface area contributed by atoms with Crippen molar-refractivity contribution in [3.8, 4) is 0 Å². The Kier molecular flexibility index (Phi) is 3.11. The maximum absolute atomic E-state index is 11.8. The highest BCUT2D eigenvalue weighted by molar-refractivity contribution is 5.91. The molecule has 1 saturated heterocycles. The molecule has 0 spiro atoms. The minimum Gasteiger partial charge on any atom is -0.458 e. The number of aliphatic hydroxyl groups excluding tert-OH is 2. The molecule has 22 heavy (non-hydrogen) atoms. The van der Waals surface area contributed by atoms with Crippen molar-refractivity contribution in [3.05, 3.63) is 12.2 Å². The van der Waals surface area contributed by atoms with E-state index < -0.39 is 52.9 Å². The van der Waals surface area contributed by atoms with Crippen molar-refractivity contribution in [1.29, 1.82) is 0 Å². The number of fused-ring (bicyclic) bond motifs is 3. The molecule has 0 unspecified atom stereocenters. The zero-order chi connectivity index (χ0) is 16.7. The summed E-state index contributed by atoms with van der Waals surface area (Å²) in [5.41, 5.74) is -5.69. The number of ether oxygens (including phenoxy) is 1. The lowest BCUT2D eigenvalue weighted by atomic mass is 9.70. The summed E-state index contributed by atoms with van der Waals surface area (Å²) in [6.07, 6.45) is -4.02. The quantitative estimate of drug-likeness (QED) is 0.271. The van der Waals surface area contributed by atoms with Gasteiger partial charge in [0.2, 0.25) is 0 Å². The molecule has 8 atom stereocenters. The third-order valence-corrected chi connectivity index (χ3v) is 5.94. The van der Waals surface area contributed by atoms with Crippen LogP contribution in [0.25, 0.3) is 0 Å². The minimum absolute atomic E-state index is 0.0662. The van der Waals surface area contributed by atoms with Crippen LogP contribution < -0.4 is 0 Å². The third-order valence-electron chi connectivity index (χ3n) is 5.94. The molecule has 0 aromatic carbocycles. The molecule has 1 heterocycles. The minimum atomic E-state index is -2.21. The molecular formula is C15H22O7. The summed E-state index contributed by atoms with van der Waals surface area (Å²) in [6.45, 7) is 6.30. The summed E-state index contributed by atoms with van der Waals surface area (Å²) in [5.74, 6) is -2.34. The number of hydrogen-bond donors (Lipinski definition) is 5. The Hall–Kier alpha value is -0.990. The monoisotopic (exact) mass is 314 g/mol. The van der Waals surface area contributed by atoms with E-state index >= 15 is 0 Å². The van der Waals surface area contributed by atoms with Crippen LogP contribution in [0.15, 0.2) is 12.2 Å². The molecule has 2 saturated carbocycles. The zero-order valence-electron chi connectivity index (χ0n) is 12.6. The number of esters is 1. The Bertz CT molecular complexity index is 540. The first-order valence-corrected chi connectivity index (χ1v) is 7.39. The van der Waals surface area contributed by atoms with Crippen molar-refractivity contribution in [2.45, 2.75) is 61.8 Å². The van der Waals surface area contributed by atoms with Crippen LogP contribution in [0.1, 0.15) is 26.7 Å². The van der Waals surface area contributed by atoms with E-state index in [4.69, 9.17) is 4.74 Å². The molecule has 0 amide bonds. The van der Waals surface area contributed by atoms with E-state index in [0.717, 1.165) is 0 Å². The van der Waals surface area contributed by atoms with E-state index in [-0.39, 0.29) is 12.0 Å². The fourth-order valence-electron chi connectivity index (χ4n) is 4.52. The van der Waals surface area contributed by atoms with Gasteiger partial charge >= 0.3 is 5.97 Å². The van der Waals surface area contributed by atoms with Crippen molar-refractivity contribution in [3.63, 3.8) is 0 Å². The van der Waals surface area contributed by atoms with Crippen molar-refractivity contribution in [2.75, 3.05) is 0 Å². The van der Waals surface area contributed by atoms with Crippen LogP contribution in [0.3, 0.4) is 0 Å². The fraction of sp³-hybridized carbons (Fsp3) is 0.800. The highest BCUT2D eigenvalue weighted by Gasteiger charge is 2.75. The molecule has 0 bridgehead atoms. The van der Waals surface area contributed by atoms with E-state index in [9.17, 15) is 30.3 Å². The predicted octanol–water partition coefficient (Wildman–Crippen LogP) is -1.54. The highest BCUT2D eigenvalue weighted by Crippen LogP contribution is 2.57. The van der Waals surface area contributed by atoms with Crippen LogP contribution in [0.4, 0.5) is 0 Å².